The van der Waals surface area contributed by atoms with Gasteiger partial charge in [0.05, 0.1) is 12.7 Å². The van der Waals surface area contributed by atoms with E-state index >= 15 is 0 Å². The highest BCUT2D eigenvalue weighted by Gasteiger charge is 2.39. The number of ether oxygens (including phenoxy) is 1. The van der Waals surface area contributed by atoms with Crippen molar-refractivity contribution < 1.29 is 17.9 Å². The fraction of sp³-hybridized carbons (Fsp3) is 0.889. The van der Waals surface area contributed by atoms with Gasteiger partial charge in [-0.15, -0.1) is 0 Å². The van der Waals surface area contributed by atoms with Crippen molar-refractivity contribution in [1.82, 2.24) is 0 Å². The Morgan fingerprint density at radius 1 is 1.36 bits per heavy atom. The normalized spacial score (nSPS) is 14.1. The van der Waals surface area contributed by atoms with E-state index in [1.54, 1.807) is 0 Å². The zero-order chi connectivity index (χ0) is 11.2. The van der Waals surface area contributed by atoms with E-state index in [0.29, 0.717) is 12.3 Å². The summed E-state index contributed by atoms with van der Waals surface area (Å²) in [6, 6.07) is 1.18. The third-order valence-electron chi connectivity index (χ3n) is 1.68. The van der Waals surface area contributed by atoms with Crippen molar-refractivity contribution >= 4 is 0 Å². The van der Waals surface area contributed by atoms with Crippen LogP contribution in [0.2, 0.25) is 0 Å². The van der Waals surface area contributed by atoms with Crippen molar-refractivity contribution in [3.05, 3.63) is 0 Å². The first-order valence-corrected chi connectivity index (χ1v) is 4.42. The highest BCUT2D eigenvalue weighted by molar-refractivity contribution is 4.88. The minimum atomic E-state index is -4.48. The average molecular weight is 209 g/mol. The van der Waals surface area contributed by atoms with Gasteiger partial charge < -0.3 is 4.74 Å². The summed E-state index contributed by atoms with van der Waals surface area (Å²) in [4.78, 5) is 0. The molecule has 0 aromatic heterocycles. The molecule has 0 spiro atoms. The van der Waals surface area contributed by atoms with E-state index in [1.807, 2.05) is 13.8 Å². The van der Waals surface area contributed by atoms with E-state index in [2.05, 4.69) is 0 Å². The maximum atomic E-state index is 12.0. The summed E-state index contributed by atoms with van der Waals surface area (Å²) in [6.07, 6.45) is -3.78. The largest absolute Gasteiger partial charge is 0.406 e. The molecule has 0 heterocycles. The third kappa shape index (κ3) is 5.81. The van der Waals surface area contributed by atoms with Crippen LogP contribution in [0.4, 0.5) is 13.2 Å². The average Bonchev–Trinajstić information content (AvgIpc) is 2.01. The zero-order valence-electron chi connectivity index (χ0n) is 8.27. The van der Waals surface area contributed by atoms with Crippen LogP contribution in [0.25, 0.3) is 0 Å². The summed E-state index contributed by atoms with van der Waals surface area (Å²) in [5.41, 5.74) is 0. The Labute approximate surface area is 81.7 Å². The van der Waals surface area contributed by atoms with E-state index < -0.39 is 18.7 Å². The van der Waals surface area contributed by atoms with Gasteiger partial charge in [-0.3, -0.25) is 0 Å². The van der Waals surface area contributed by atoms with Crippen LogP contribution < -0.4 is 0 Å². The van der Waals surface area contributed by atoms with Gasteiger partial charge in [0.15, 0.2) is 5.92 Å². The van der Waals surface area contributed by atoms with Gasteiger partial charge in [-0.25, -0.2) is 0 Å². The summed E-state index contributed by atoms with van der Waals surface area (Å²) in [7, 11) is 0. The molecular formula is C9H14F3NO. The number of halogens is 3. The molecule has 0 aliphatic heterocycles. The van der Waals surface area contributed by atoms with Crippen LogP contribution in [0.15, 0.2) is 0 Å². The Morgan fingerprint density at radius 2 is 1.93 bits per heavy atom. The molecule has 0 fully saturated rings. The second-order valence-electron chi connectivity index (χ2n) is 3.48. The van der Waals surface area contributed by atoms with Gasteiger partial charge >= 0.3 is 6.18 Å². The topological polar surface area (TPSA) is 33.0 Å². The molecule has 0 saturated heterocycles. The van der Waals surface area contributed by atoms with E-state index in [0.717, 1.165) is 0 Å². The summed E-state index contributed by atoms with van der Waals surface area (Å²) in [5, 5.41) is 8.22. The van der Waals surface area contributed by atoms with Crippen LogP contribution in [0.5, 0.6) is 0 Å². The first-order valence-electron chi connectivity index (χ1n) is 4.42. The van der Waals surface area contributed by atoms with Gasteiger partial charge in [-0.05, 0) is 12.3 Å². The van der Waals surface area contributed by atoms with E-state index in [1.165, 1.54) is 6.07 Å². The number of alkyl halides is 3. The van der Waals surface area contributed by atoms with E-state index in [9.17, 15) is 13.2 Å². The third-order valence-corrected chi connectivity index (χ3v) is 1.68. The fourth-order valence-corrected chi connectivity index (χ4v) is 0.725. The Hall–Kier alpha value is -0.760. The Morgan fingerprint density at radius 3 is 2.29 bits per heavy atom. The minimum absolute atomic E-state index is 0.270. The molecule has 82 valence electrons. The number of rotatable bonds is 5. The molecule has 0 aromatic rings. The molecule has 0 radical (unpaired) electrons. The number of nitriles is 1. The molecule has 1 atom stereocenters. The molecule has 0 N–H and O–H groups in total. The lowest BCUT2D eigenvalue weighted by Crippen LogP contribution is -2.26. The molecule has 0 rings (SSSR count). The number of hydrogen-bond acceptors (Lipinski definition) is 2. The Kier molecular flexibility index (Phi) is 5.55. The first-order chi connectivity index (χ1) is 6.38. The van der Waals surface area contributed by atoms with Crippen LogP contribution >= 0.6 is 0 Å². The maximum absolute atomic E-state index is 12.0. The summed E-state index contributed by atoms with van der Waals surface area (Å²) < 4.78 is 40.8. The van der Waals surface area contributed by atoms with Crippen LogP contribution in [0.3, 0.4) is 0 Å². The standard InChI is InChI=1S/C9H14F3NO/c1-7(2)3-4-14-6-8(5-13)9(10,11)12/h7-8H,3-4,6H2,1-2H3. The molecule has 0 saturated carbocycles. The van der Waals surface area contributed by atoms with Crippen molar-refractivity contribution in [2.24, 2.45) is 11.8 Å². The molecule has 2 nitrogen and oxygen atoms in total. The monoisotopic (exact) mass is 209 g/mol. The fourth-order valence-electron chi connectivity index (χ4n) is 0.725. The molecule has 0 aliphatic rings. The quantitative estimate of drug-likeness (QED) is 0.652. The minimum Gasteiger partial charge on any atom is -0.380 e. The first kappa shape index (κ1) is 13.2. The number of nitrogens with zero attached hydrogens (tertiary/aromatic N) is 1. The van der Waals surface area contributed by atoms with Crippen LogP contribution in [-0.2, 0) is 4.74 Å². The van der Waals surface area contributed by atoms with Gasteiger partial charge in [0.1, 0.15) is 0 Å². The SMILES string of the molecule is CC(C)CCOCC(C#N)C(F)(F)F. The van der Waals surface area contributed by atoms with Gasteiger partial charge in [0.2, 0.25) is 0 Å². The highest BCUT2D eigenvalue weighted by Crippen LogP contribution is 2.25. The second kappa shape index (κ2) is 5.86. The van der Waals surface area contributed by atoms with Crippen molar-refractivity contribution in [1.29, 1.82) is 5.26 Å². The molecule has 14 heavy (non-hydrogen) atoms. The Balaban J connectivity index is 3.72. The summed E-state index contributed by atoms with van der Waals surface area (Å²) in [5.74, 6) is -1.61. The lowest BCUT2D eigenvalue weighted by molar-refractivity contribution is -0.171. The zero-order valence-corrected chi connectivity index (χ0v) is 8.27. The van der Waals surface area contributed by atoms with Gasteiger partial charge in [-0.2, -0.15) is 18.4 Å². The predicted octanol–water partition coefficient (Wildman–Crippen LogP) is 2.75. The lowest BCUT2D eigenvalue weighted by atomic mass is 10.1. The van der Waals surface area contributed by atoms with Gasteiger partial charge in [0.25, 0.3) is 0 Å². The number of hydrogen-bond donors (Lipinski definition) is 0. The predicted molar refractivity (Wildman–Crippen MR) is 45.4 cm³/mol. The highest BCUT2D eigenvalue weighted by atomic mass is 19.4. The van der Waals surface area contributed by atoms with Crippen molar-refractivity contribution in [2.75, 3.05) is 13.2 Å². The molecule has 0 aromatic carbocycles. The maximum Gasteiger partial charge on any atom is 0.406 e. The Bertz CT molecular complexity index is 195. The van der Waals surface area contributed by atoms with Crippen molar-refractivity contribution in [3.8, 4) is 6.07 Å². The molecule has 0 aliphatic carbocycles. The smallest absolute Gasteiger partial charge is 0.380 e. The summed E-state index contributed by atoms with van der Waals surface area (Å²) >= 11 is 0. The van der Waals surface area contributed by atoms with Crippen LogP contribution in [-0.4, -0.2) is 19.4 Å². The molecule has 0 amide bonds. The van der Waals surface area contributed by atoms with Crippen LogP contribution in [0.1, 0.15) is 20.3 Å². The van der Waals surface area contributed by atoms with Crippen LogP contribution in [0, 0.1) is 23.2 Å². The molecular weight excluding hydrogens is 195 g/mol. The van der Waals surface area contributed by atoms with Crippen molar-refractivity contribution in [2.45, 2.75) is 26.4 Å². The molecule has 1 unspecified atom stereocenters. The van der Waals surface area contributed by atoms with Gasteiger partial charge in [0, 0.05) is 6.61 Å². The molecule has 5 heteroatoms. The molecule has 0 bridgehead atoms. The van der Waals surface area contributed by atoms with Gasteiger partial charge in [-0.1, -0.05) is 13.8 Å². The second-order valence-corrected chi connectivity index (χ2v) is 3.48. The van der Waals surface area contributed by atoms with E-state index in [-0.39, 0.29) is 6.61 Å². The summed E-state index contributed by atoms with van der Waals surface area (Å²) in [6.45, 7) is 3.61. The lowest BCUT2D eigenvalue weighted by Gasteiger charge is -2.13. The van der Waals surface area contributed by atoms with Crippen molar-refractivity contribution in [3.63, 3.8) is 0 Å². The van der Waals surface area contributed by atoms with E-state index in [4.69, 9.17) is 10.00 Å².